The van der Waals surface area contributed by atoms with Crippen LogP contribution in [-0.4, -0.2) is 22.6 Å². The van der Waals surface area contributed by atoms with E-state index in [-0.39, 0.29) is 35.0 Å². The molecular weight excluding hydrogens is 392 g/mol. The second-order valence-corrected chi connectivity index (χ2v) is 8.38. The molecule has 0 heterocycles. The summed E-state index contributed by atoms with van der Waals surface area (Å²) >= 11 is 0. The predicted octanol–water partition coefficient (Wildman–Crippen LogP) is 6.39. The molecule has 0 unspecified atom stereocenters. The number of benzene rings is 3. The Labute approximate surface area is 183 Å². The summed E-state index contributed by atoms with van der Waals surface area (Å²) in [5.41, 5.74) is 4.56. The molecule has 0 fully saturated rings. The summed E-state index contributed by atoms with van der Waals surface area (Å²) < 4.78 is 5.26. The molecule has 3 aromatic rings. The number of ether oxygens (including phenoxy) is 1. The Hall–Kier alpha value is -3.18. The molecule has 0 aliphatic heterocycles. The minimum atomic E-state index is -0.212. The molecule has 0 amide bonds. The topological polar surface area (TPSA) is 79.2 Å². The van der Waals surface area contributed by atoms with E-state index in [1.807, 2.05) is 58.0 Å². The van der Waals surface area contributed by atoms with Crippen LogP contribution in [0.15, 0.2) is 54.6 Å². The Morgan fingerprint density at radius 2 is 1.10 bits per heavy atom. The van der Waals surface area contributed by atoms with Crippen LogP contribution >= 0.6 is 0 Å². The number of methoxy groups -OCH3 is 1. The standard InChI is InChI=1S/C26H30O5/c1-15(2)20-12-17(6-9-22(20)27)26(18-7-10-23(28)21(13-18)16(3)4)19-8-11-24(30-5)25(14-19)31-29/h6-16,26-29H,1-5H3. The van der Waals surface area contributed by atoms with Gasteiger partial charge in [0.05, 0.1) is 7.11 Å². The van der Waals surface area contributed by atoms with Gasteiger partial charge in [0.1, 0.15) is 11.5 Å². The number of aromatic hydroxyl groups is 2. The van der Waals surface area contributed by atoms with Crippen molar-refractivity contribution in [3.8, 4) is 23.0 Å². The third kappa shape index (κ3) is 4.62. The summed E-state index contributed by atoms with van der Waals surface area (Å²) in [7, 11) is 1.51. The lowest BCUT2D eigenvalue weighted by Crippen LogP contribution is -2.06. The lowest BCUT2D eigenvalue weighted by molar-refractivity contribution is -0.139. The molecule has 0 aliphatic carbocycles. The quantitative estimate of drug-likeness (QED) is 0.234. The van der Waals surface area contributed by atoms with Gasteiger partial charge in [0.2, 0.25) is 5.75 Å². The van der Waals surface area contributed by atoms with Gasteiger partial charge in [-0.2, -0.15) is 0 Å². The molecule has 164 valence electrons. The normalized spacial score (nSPS) is 11.4. The monoisotopic (exact) mass is 422 g/mol. The number of hydrogen-bond acceptors (Lipinski definition) is 5. The molecule has 0 saturated heterocycles. The van der Waals surface area contributed by atoms with Crippen molar-refractivity contribution in [2.45, 2.75) is 45.4 Å². The van der Waals surface area contributed by atoms with Crippen LogP contribution in [0.4, 0.5) is 0 Å². The highest BCUT2D eigenvalue weighted by molar-refractivity contribution is 5.53. The van der Waals surface area contributed by atoms with E-state index >= 15 is 0 Å². The molecule has 3 N–H and O–H groups in total. The van der Waals surface area contributed by atoms with Crippen molar-refractivity contribution in [1.29, 1.82) is 0 Å². The van der Waals surface area contributed by atoms with Crippen molar-refractivity contribution < 1.29 is 25.1 Å². The maximum Gasteiger partial charge on any atom is 0.207 e. The Bertz CT molecular complexity index is 998. The highest BCUT2D eigenvalue weighted by Gasteiger charge is 2.22. The van der Waals surface area contributed by atoms with Crippen LogP contribution in [-0.2, 0) is 0 Å². The van der Waals surface area contributed by atoms with Gasteiger partial charge in [0, 0.05) is 5.92 Å². The van der Waals surface area contributed by atoms with Crippen LogP contribution in [0.25, 0.3) is 0 Å². The molecule has 3 rings (SSSR count). The predicted molar refractivity (Wildman–Crippen MR) is 122 cm³/mol. The Kier molecular flexibility index (Phi) is 6.76. The fourth-order valence-corrected chi connectivity index (χ4v) is 3.95. The second-order valence-electron chi connectivity index (χ2n) is 8.38. The molecule has 0 bridgehead atoms. The molecule has 0 atom stereocenters. The Balaban J connectivity index is 2.25. The summed E-state index contributed by atoms with van der Waals surface area (Å²) in [4.78, 5) is 4.56. The fraction of sp³-hybridized carbons (Fsp3) is 0.308. The zero-order valence-electron chi connectivity index (χ0n) is 18.6. The SMILES string of the molecule is COc1ccc(C(c2ccc(O)c(C(C)C)c2)c2ccc(O)c(C(C)C)c2)cc1OO. The third-order valence-electron chi connectivity index (χ3n) is 5.63. The lowest BCUT2D eigenvalue weighted by Gasteiger charge is -2.23. The van der Waals surface area contributed by atoms with Crippen molar-refractivity contribution in [2.24, 2.45) is 0 Å². The third-order valence-corrected chi connectivity index (χ3v) is 5.63. The largest absolute Gasteiger partial charge is 0.508 e. The zero-order chi connectivity index (χ0) is 22.7. The molecular formula is C26H30O5. The first kappa shape index (κ1) is 22.5. The summed E-state index contributed by atoms with van der Waals surface area (Å²) in [6.45, 7) is 8.15. The molecule has 5 heteroatoms. The molecule has 5 nitrogen and oxygen atoms in total. The molecule has 3 aromatic carbocycles. The number of phenolic OH excluding ortho intramolecular Hbond substituents is 2. The highest BCUT2D eigenvalue weighted by Crippen LogP contribution is 2.41. The summed E-state index contributed by atoms with van der Waals surface area (Å²) in [5.74, 6) is 1.26. The van der Waals surface area contributed by atoms with Crippen molar-refractivity contribution in [2.75, 3.05) is 7.11 Å². The van der Waals surface area contributed by atoms with E-state index < -0.39 is 0 Å². The second kappa shape index (κ2) is 9.31. The maximum absolute atomic E-state index is 10.3. The van der Waals surface area contributed by atoms with Gasteiger partial charge in [-0.1, -0.05) is 58.0 Å². The van der Waals surface area contributed by atoms with Gasteiger partial charge in [0.15, 0.2) is 5.75 Å². The summed E-state index contributed by atoms with van der Waals surface area (Å²) in [6, 6.07) is 16.7. The van der Waals surface area contributed by atoms with Gasteiger partial charge in [-0.3, -0.25) is 0 Å². The van der Waals surface area contributed by atoms with Gasteiger partial charge >= 0.3 is 0 Å². The van der Waals surface area contributed by atoms with Gasteiger partial charge in [-0.25, -0.2) is 5.26 Å². The van der Waals surface area contributed by atoms with Crippen LogP contribution in [0, 0.1) is 0 Å². The van der Waals surface area contributed by atoms with Gasteiger partial charge in [0.25, 0.3) is 0 Å². The van der Waals surface area contributed by atoms with E-state index in [0.717, 1.165) is 27.8 Å². The highest BCUT2D eigenvalue weighted by atomic mass is 17.1. The number of phenols is 2. The molecule has 0 radical (unpaired) electrons. The van der Waals surface area contributed by atoms with E-state index in [1.54, 1.807) is 24.3 Å². The Morgan fingerprint density at radius 3 is 1.52 bits per heavy atom. The van der Waals surface area contributed by atoms with E-state index in [2.05, 4.69) is 4.89 Å². The smallest absolute Gasteiger partial charge is 0.207 e. The maximum atomic E-state index is 10.3. The van der Waals surface area contributed by atoms with Crippen molar-refractivity contribution >= 4 is 0 Å². The average molecular weight is 423 g/mol. The lowest BCUT2D eigenvalue weighted by atomic mass is 9.82. The Morgan fingerprint density at radius 1 is 0.645 bits per heavy atom. The van der Waals surface area contributed by atoms with Gasteiger partial charge in [-0.15, -0.1) is 0 Å². The summed E-state index contributed by atoms with van der Waals surface area (Å²) in [5, 5.41) is 30.0. The molecule has 0 aromatic heterocycles. The van der Waals surface area contributed by atoms with Crippen LogP contribution in [0.5, 0.6) is 23.0 Å². The minimum Gasteiger partial charge on any atom is -0.508 e. The van der Waals surface area contributed by atoms with Gasteiger partial charge < -0.3 is 19.8 Å². The van der Waals surface area contributed by atoms with Crippen LogP contribution in [0.2, 0.25) is 0 Å². The minimum absolute atomic E-state index is 0.152. The fourth-order valence-electron chi connectivity index (χ4n) is 3.95. The van der Waals surface area contributed by atoms with E-state index in [0.29, 0.717) is 5.75 Å². The van der Waals surface area contributed by atoms with Crippen LogP contribution in [0.3, 0.4) is 0 Å². The molecule has 0 spiro atoms. The van der Waals surface area contributed by atoms with Crippen molar-refractivity contribution in [3.63, 3.8) is 0 Å². The molecule has 31 heavy (non-hydrogen) atoms. The molecule has 0 aliphatic rings. The first-order chi connectivity index (χ1) is 14.8. The zero-order valence-corrected chi connectivity index (χ0v) is 18.6. The van der Waals surface area contributed by atoms with E-state index in [9.17, 15) is 15.5 Å². The molecule has 0 saturated carbocycles. The number of rotatable bonds is 7. The van der Waals surface area contributed by atoms with Crippen molar-refractivity contribution in [3.05, 3.63) is 82.4 Å². The summed E-state index contributed by atoms with van der Waals surface area (Å²) in [6.07, 6.45) is 0. The van der Waals surface area contributed by atoms with Gasteiger partial charge in [-0.05, 0) is 63.9 Å². The van der Waals surface area contributed by atoms with Crippen LogP contribution < -0.4 is 9.62 Å². The van der Waals surface area contributed by atoms with Crippen LogP contribution in [0.1, 0.15) is 73.3 Å². The average Bonchev–Trinajstić information content (AvgIpc) is 2.75. The van der Waals surface area contributed by atoms with Crippen molar-refractivity contribution in [1.82, 2.24) is 0 Å². The number of hydrogen-bond donors (Lipinski definition) is 3. The van der Waals surface area contributed by atoms with E-state index in [4.69, 9.17) is 4.74 Å². The first-order valence-corrected chi connectivity index (χ1v) is 10.4. The van der Waals surface area contributed by atoms with E-state index in [1.165, 1.54) is 7.11 Å². The first-order valence-electron chi connectivity index (χ1n) is 10.4.